The van der Waals surface area contributed by atoms with E-state index in [4.69, 9.17) is 0 Å². The summed E-state index contributed by atoms with van der Waals surface area (Å²) in [5.41, 5.74) is 0.619. The van der Waals surface area contributed by atoms with Gasteiger partial charge in [-0.2, -0.15) is 22.0 Å². The van der Waals surface area contributed by atoms with Gasteiger partial charge < -0.3 is 0 Å². The van der Waals surface area contributed by atoms with Crippen LogP contribution in [0.15, 0.2) is 72.8 Å². The lowest BCUT2D eigenvalue weighted by atomic mass is 9.97. The van der Waals surface area contributed by atoms with Crippen molar-refractivity contribution in [1.82, 2.24) is 0 Å². The van der Waals surface area contributed by atoms with E-state index in [0.29, 0.717) is 24.8 Å². The highest BCUT2D eigenvalue weighted by Crippen LogP contribution is 2.30. The summed E-state index contributed by atoms with van der Waals surface area (Å²) >= 11 is 0. The van der Waals surface area contributed by atoms with Gasteiger partial charge in [0.1, 0.15) is 0 Å². The topological polar surface area (TPSA) is 0 Å². The maximum atomic E-state index is 13.5. The molecule has 0 bridgehead atoms. The van der Waals surface area contributed by atoms with Crippen molar-refractivity contribution >= 4 is 16.3 Å². The maximum absolute atomic E-state index is 13.5. The van der Waals surface area contributed by atoms with Crippen LogP contribution in [0.5, 0.6) is 0 Å². The Kier molecular flexibility index (Phi) is 6.12. The fraction of sp³-hybridized carbons (Fsp3) is 0.217. The second-order valence-electron chi connectivity index (χ2n) is 6.70. The molecule has 0 aliphatic carbocycles. The molecule has 0 spiro atoms. The average Bonchev–Trinajstić information content (AvgIpc) is 2.67. The molecule has 0 fully saturated rings. The molecule has 0 amide bonds. The standard InChI is InChI=1S/C23H19F5/c24-22(25)21(19-12-11-17-6-2-3-7-18(17)15-19)8-4-1-5-16-9-13-20(14-10-16)23(26,27)28/h2-3,6-7,9-15H,1,4-5,8H2. The molecule has 0 nitrogen and oxygen atoms in total. The van der Waals surface area contributed by atoms with Crippen molar-refractivity contribution in [2.24, 2.45) is 0 Å². The molecule has 0 radical (unpaired) electrons. The van der Waals surface area contributed by atoms with Gasteiger partial charge in [0.25, 0.3) is 6.08 Å². The molecule has 3 aromatic carbocycles. The fourth-order valence-electron chi connectivity index (χ4n) is 3.22. The van der Waals surface area contributed by atoms with Gasteiger partial charge in [0.2, 0.25) is 0 Å². The summed E-state index contributed by atoms with van der Waals surface area (Å²) in [4.78, 5) is 0. The van der Waals surface area contributed by atoms with Gasteiger partial charge in [0.05, 0.1) is 5.56 Å². The first-order valence-electron chi connectivity index (χ1n) is 9.04. The van der Waals surface area contributed by atoms with Crippen molar-refractivity contribution < 1.29 is 22.0 Å². The zero-order valence-electron chi connectivity index (χ0n) is 15.1. The number of allylic oxidation sites excluding steroid dienone is 1. The molecule has 3 aromatic rings. The summed E-state index contributed by atoms with van der Waals surface area (Å²) in [6.45, 7) is 0. The highest BCUT2D eigenvalue weighted by Gasteiger charge is 2.29. The van der Waals surface area contributed by atoms with Gasteiger partial charge in [-0.25, -0.2) is 0 Å². The fourth-order valence-corrected chi connectivity index (χ4v) is 3.22. The summed E-state index contributed by atoms with van der Waals surface area (Å²) < 4.78 is 64.6. The van der Waals surface area contributed by atoms with Crippen LogP contribution in [0.4, 0.5) is 22.0 Å². The van der Waals surface area contributed by atoms with E-state index in [0.717, 1.165) is 28.5 Å². The van der Waals surface area contributed by atoms with Crippen molar-refractivity contribution in [3.63, 3.8) is 0 Å². The molecule has 0 aromatic heterocycles. The molecule has 28 heavy (non-hydrogen) atoms. The van der Waals surface area contributed by atoms with E-state index in [1.165, 1.54) is 12.1 Å². The monoisotopic (exact) mass is 390 g/mol. The molecular weight excluding hydrogens is 371 g/mol. The molecule has 5 heteroatoms. The van der Waals surface area contributed by atoms with Crippen LogP contribution in [0.3, 0.4) is 0 Å². The summed E-state index contributed by atoms with van der Waals surface area (Å²) in [7, 11) is 0. The van der Waals surface area contributed by atoms with E-state index in [1.807, 2.05) is 30.3 Å². The average molecular weight is 390 g/mol. The molecule has 0 atom stereocenters. The smallest absolute Gasteiger partial charge is 0.173 e. The summed E-state index contributed by atoms with van der Waals surface area (Å²) in [5, 5.41) is 1.90. The van der Waals surface area contributed by atoms with Crippen LogP contribution in [-0.4, -0.2) is 0 Å². The van der Waals surface area contributed by atoms with Crippen LogP contribution in [-0.2, 0) is 12.6 Å². The number of fused-ring (bicyclic) bond motifs is 1. The lowest BCUT2D eigenvalue weighted by Gasteiger charge is -2.09. The van der Waals surface area contributed by atoms with E-state index >= 15 is 0 Å². The Hall–Kier alpha value is -2.69. The molecule has 146 valence electrons. The molecule has 0 aliphatic heterocycles. The molecule has 0 heterocycles. The molecule has 0 saturated carbocycles. The Morgan fingerprint density at radius 2 is 1.43 bits per heavy atom. The Balaban J connectivity index is 1.60. The minimum atomic E-state index is -4.35. The molecule has 3 rings (SSSR count). The second-order valence-corrected chi connectivity index (χ2v) is 6.70. The highest BCUT2D eigenvalue weighted by atomic mass is 19.4. The van der Waals surface area contributed by atoms with Crippen LogP contribution >= 0.6 is 0 Å². The van der Waals surface area contributed by atoms with E-state index in [2.05, 4.69) is 0 Å². The minimum Gasteiger partial charge on any atom is -0.173 e. The van der Waals surface area contributed by atoms with Gasteiger partial charge in [-0.15, -0.1) is 0 Å². The third-order valence-corrected chi connectivity index (χ3v) is 4.75. The van der Waals surface area contributed by atoms with Crippen molar-refractivity contribution in [2.75, 3.05) is 0 Å². The summed E-state index contributed by atoms with van der Waals surface area (Å²) in [5.74, 6) is 0. The van der Waals surface area contributed by atoms with Gasteiger partial charge in [-0.05, 0) is 65.8 Å². The quantitative estimate of drug-likeness (QED) is 0.297. The third kappa shape index (κ3) is 4.97. The first-order chi connectivity index (χ1) is 13.3. The van der Waals surface area contributed by atoms with Crippen LogP contribution < -0.4 is 0 Å². The van der Waals surface area contributed by atoms with Gasteiger partial charge in [0.15, 0.2) is 0 Å². The number of hydrogen-bond acceptors (Lipinski definition) is 0. The van der Waals surface area contributed by atoms with E-state index in [-0.39, 0.29) is 12.0 Å². The Morgan fingerprint density at radius 1 is 0.750 bits per heavy atom. The van der Waals surface area contributed by atoms with E-state index in [1.54, 1.807) is 12.1 Å². The second kappa shape index (κ2) is 8.55. The van der Waals surface area contributed by atoms with Gasteiger partial charge in [-0.1, -0.05) is 48.5 Å². The zero-order valence-corrected chi connectivity index (χ0v) is 15.1. The largest absolute Gasteiger partial charge is 0.416 e. The lowest BCUT2D eigenvalue weighted by molar-refractivity contribution is -0.137. The predicted molar refractivity (Wildman–Crippen MR) is 102 cm³/mol. The number of unbranched alkanes of at least 4 members (excludes halogenated alkanes) is 1. The first kappa shape index (κ1) is 20.1. The van der Waals surface area contributed by atoms with Gasteiger partial charge in [-0.3, -0.25) is 0 Å². The zero-order chi connectivity index (χ0) is 20.1. The normalized spacial score (nSPS) is 11.6. The van der Waals surface area contributed by atoms with Crippen LogP contribution in [0.1, 0.15) is 36.0 Å². The van der Waals surface area contributed by atoms with Crippen molar-refractivity contribution in [3.8, 4) is 0 Å². The Labute approximate surface area is 160 Å². The number of rotatable bonds is 6. The van der Waals surface area contributed by atoms with E-state index < -0.39 is 17.8 Å². The molecule has 0 N–H and O–H groups in total. The first-order valence-corrected chi connectivity index (χ1v) is 9.04. The van der Waals surface area contributed by atoms with E-state index in [9.17, 15) is 22.0 Å². The minimum absolute atomic E-state index is 0.0261. The number of hydrogen-bond donors (Lipinski definition) is 0. The third-order valence-electron chi connectivity index (χ3n) is 4.75. The van der Waals surface area contributed by atoms with Crippen LogP contribution in [0, 0.1) is 0 Å². The van der Waals surface area contributed by atoms with Gasteiger partial charge >= 0.3 is 6.18 Å². The van der Waals surface area contributed by atoms with Crippen molar-refractivity contribution in [2.45, 2.75) is 31.9 Å². The van der Waals surface area contributed by atoms with Crippen LogP contribution in [0.25, 0.3) is 16.3 Å². The lowest BCUT2D eigenvalue weighted by Crippen LogP contribution is -2.04. The Bertz CT molecular complexity index is 964. The predicted octanol–water partition coefficient (Wildman–Crippen LogP) is 7.88. The Morgan fingerprint density at radius 3 is 2.07 bits per heavy atom. The number of halogens is 5. The molecule has 0 unspecified atom stereocenters. The van der Waals surface area contributed by atoms with Crippen molar-refractivity contribution in [1.29, 1.82) is 0 Å². The molecule has 0 saturated heterocycles. The maximum Gasteiger partial charge on any atom is 0.416 e. The van der Waals surface area contributed by atoms with Gasteiger partial charge in [0, 0.05) is 5.57 Å². The number of alkyl halides is 3. The molecule has 0 aliphatic rings. The summed E-state index contributed by atoms with van der Waals surface area (Å²) in [6, 6.07) is 17.9. The number of aryl methyl sites for hydroxylation is 1. The number of benzene rings is 3. The van der Waals surface area contributed by atoms with Crippen molar-refractivity contribution in [3.05, 3.63) is 89.5 Å². The molecular formula is C23H19F5. The van der Waals surface area contributed by atoms with Crippen LogP contribution in [0.2, 0.25) is 0 Å². The SMILES string of the molecule is FC(F)=C(CCCCc1ccc(C(F)(F)F)cc1)c1ccc2ccccc2c1. The highest BCUT2D eigenvalue weighted by molar-refractivity contribution is 5.86. The summed E-state index contributed by atoms with van der Waals surface area (Å²) in [6.07, 6.45) is -4.12.